The summed E-state index contributed by atoms with van der Waals surface area (Å²) < 4.78 is 5.59. The number of para-hydroxylation sites is 2. The van der Waals surface area contributed by atoms with Crippen molar-refractivity contribution in [2.24, 2.45) is 0 Å². The first-order valence-corrected chi connectivity index (χ1v) is 5.95. The lowest BCUT2D eigenvalue weighted by Gasteiger charge is -2.16. The van der Waals surface area contributed by atoms with Crippen molar-refractivity contribution in [3.8, 4) is 5.75 Å². The molecule has 16 heavy (non-hydrogen) atoms. The van der Waals surface area contributed by atoms with Gasteiger partial charge in [0.15, 0.2) is 0 Å². The second kappa shape index (κ2) is 6.12. The Kier molecular flexibility index (Phi) is 4.78. The highest BCUT2D eigenvalue weighted by Gasteiger charge is 2.06. The first-order valence-electron chi connectivity index (χ1n) is 4.67. The fraction of sp³-hybridized carbons (Fsp3) is 0.300. The fourth-order valence-corrected chi connectivity index (χ4v) is 1.22. The number of rotatable bonds is 5. The number of carboxylic acid groups (broad SMARTS) is 1. The number of hydrazine groups is 1. The molecule has 0 bridgehead atoms. The molecule has 0 aliphatic carbocycles. The van der Waals surface area contributed by atoms with E-state index in [0.717, 1.165) is 0 Å². The van der Waals surface area contributed by atoms with Crippen molar-refractivity contribution >= 4 is 23.5 Å². The van der Waals surface area contributed by atoms with E-state index in [2.05, 4.69) is 10.9 Å². The van der Waals surface area contributed by atoms with Crippen LogP contribution in [0.1, 0.15) is 6.92 Å². The van der Waals surface area contributed by atoms with Gasteiger partial charge in [0.1, 0.15) is 11.2 Å². The molecule has 5 nitrogen and oxygen atoms in total. The first kappa shape index (κ1) is 12.5. The molecule has 0 radical (unpaired) electrons. The van der Waals surface area contributed by atoms with Crippen molar-refractivity contribution in [3.05, 3.63) is 24.3 Å². The van der Waals surface area contributed by atoms with Gasteiger partial charge in [-0.25, -0.2) is 10.2 Å². The molecule has 0 aliphatic rings. The SMILES string of the molecule is CSC(C)Oc1ccccc1NNC(=O)O. The molecule has 0 saturated carbocycles. The molecule has 0 fully saturated rings. The van der Waals surface area contributed by atoms with Crippen LogP contribution in [0, 0.1) is 0 Å². The van der Waals surface area contributed by atoms with Gasteiger partial charge in [0.25, 0.3) is 0 Å². The Morgan fingerprint density at radius 1 is 1.50 bits per heavy atom. The van der Waals surface area contributed by atoms with Crippen LogP contribution in [0.25, 0.3) is 0 Å². The summed E-state index contributed by atoms with van der Waals surface area (Å²) >= 11 is 1.57. The molecule has 0 aliphatic heterocycles. The topological polar surface area (TPSA) is 70.6 Å². The zero-order chi connectivity index (χ0) is 12.0. The van der Waals surface area contributed by atoms with Crippen LogP contribution in [0.3, 0.4) is 0 Å². The number of benzene rings is 1. The number of anilines is 1. The Morgan fingerprint density at radius 3 is 2.81 bits per heavy atom. The Bertz CT molecular complexity index is 360. The zero-order valence-corrected chi connectivity index (χ0v) is 9.88. The van der Waals surface area contributed by atoms with E-state index in [1.54, 1.807) is 30.0 Å². The first-order chi connectivity index (χ1) is 7.63. The minimum absolute atomic E-state index is 0.00720. The zero-order valence-electron chi connectivity index (χ0n) is 9.06. The van der Waals surface area contributed by atoms with Crippen molar-refractivity contribution in [2.75, 3.05) is 11.7 Å². The van der Waals surface area contributed by atoms with E-state index in [1.807, 2.05) is 19.2 Å². The third-order valence-corrected chi connectivity index (χ3v) is 2.58. The largest absolute Gasteiger partial charge is 0.478 e. The number of hydrogen-bond donors (Lipinski definition) is 3. The summed E-state index contributed by atoms with van der Waals surface area (Å²) in [6, 6.07) is 7.13. The summed E-state index contributed by atoms with van der Waals surface area (Å²) in [7, 11) is 0. The molecular weight excluding hydrogens is 228 g/mol. The number of amides is 1. The molecule has 0 aromatic heterocycles. The van der Waals surface area contributed by atoms with Gasteiger partial charge in [-0.05, 0) is 25.3 Å². The lowest BCUT2D eigenvalue weighted by atomic mass is 10.3. The predicted octanol–water partition coefficient (Wildman–Crippen LogP) is 2.37. The van der Waals surface area contributed by atoms with Gasteiger partial charge in [-0.3, -0.25) is 5.43 Å². The van der Waals surface area contributed by atoms with Crippen LogP contribution in [0.5, 0.6) is 5.75 Å². The average Bonchev–Trinajstić information content (AvgIpc) is 2.27. The summed E-state index contributed by atoms with van der Waals surface area (Å²) in [6.07, 6.45) is 0.795. The standard InChI is InChI=1S/C10H14N2O3S/c1-7(16-2)15-9-6-4-3-5-8(9)11-12-10(13)14/h3-7,11-12H,1-2H3,(H,13,14). The van der Waals surface area contributed by atoms with Crippen molar-refractivity contribution < 1.29 is 14.6 Å². The summed E-state index contributed by atoms with van der Waals surface area (Å²) in [5.41, 5.74) is 5.23. The van der Waals surface area contributed by atoms with Crippen LogP contribution in [-0.4, -0.2) is 22.9 Å². The molecule has 1 atom stereocenters. The quantitative estimate of drug-likeness (QED) is 0.546. The molecular formula is C10H14N2O3S. The maximum atomic E-state index is 10.3. The van der Waals surface area contributed by atoms with E-state index < -0.39 is 6.09 Å². The van der Waals surface area contributed by atoms with Gasteiger partial charge in [0.2, 0.25) is 0 Å². The summed E-state index contributed by atoms with van der Waals surface area (Å²) in [5, 5.41) is 8.48. The van der Waals surface area contributed by atoms with Crippen LogP contribution in [0.2, 0.25) is 0 Å². The van der Waals surface area contributed by atoms with Crippen molar-refractivity contribution in [1.82, 2.24) is 5.43 Å². The molecule has 0 saturated heterocycles. The van der Waals surface area contributed by atoms with Crippen LogP contribution >= 0.6 is 11.8 Å². The third-order valence-electron chi connectivity index (χ3n) is 1.82. The van der Waals surface area contributed by atoms with Crippen molar-refractivity contribution in [1.29, 1.82) is 0 Å². The van der Waals surface area contributed by atoms with Crippen LogP contribution < -0.4 is 15.6 Å². The van der Waals surface area contributed by atoms with Gasteiger partial charge in [-0.1, -0.05) is 12.1 Å². The minimum Gasteiger partial charge on any atom is -0.478 e. The Balaban J connectivity index is 2.71. The van der Waals surface area contributed by atoms with E-state index in [4.69, 9.17) is 9.84 Å². The monoisotopic (exact) mass is 242 g/mol. The average molecular weight is 242 g/mol. The van der Waals surface area contributed by atoms with E-state index in [-0.39, 0.29) is 5.44 Å². The van der Waals surface area contributed by atoms with E-state index >= 15 is 0 Å². The van der Waals surface area contributed by atoms with Crippen LogP contribution in [0.4, 0.5) is 10.5 Å². The lowest BCUT2D eigenvalue weighted by Crippen LogP contribution is -2.27. The second-order valence-corrected chi connectivity index (χ2v) is 4.11. The fourth-order valence-electron chi connectivity index (χ4n) is 1.02. The maximum Gasteiger partial charge on any atom is 0.423 e. The summed E-state index contributed by atoms with van der Waals surface area (Å²) in [5.74, 6) is 0.609. The minimum atomic E-state index is -1.15. The smallest absolute Gasteiger partial charge is 0.423 e. The Hall–Kier alpha value is -1.56. The highest BCUT2D eigenvalue weighted by Crippen LogP contribution is 2.25. The molecule has 88 valence electrons. The van der Waals surface area contributed by atoms with E-state index in [9.17, 15) is 4.79 Å². The van der Waals surface area contributed by atoms with E-state index in [0.29, 0.717) is 11.4 Å². The molecule has 1 aromatic rings. The molecule has 0 spiro atoms. The molecule has 1 rings (SSSR count). The van der Waals surface area contributed by atoms with E-state index in [1.165, 1.54) is 0 Å². The number of thioether (sulfide) groups is 1. The van der Waals surface area contributed by atoms with Crippen molar-refractivity contribution in [2.45, 2.75) is 12.4 Å². The highest BCUT2D eigenvalue weighted by molar-refractivity contribution is 7.99. The molecule has 1 unspecified atom stereocenters. The molecule has 1 aromatic carbocycles. The number of carbonyl (C=O) groups is 1. The highest BCUT2D eigenvalue weighted by atomic mass is 32.2. The maximum absolute atomic E-state index is 10.3. The summed E-state index contributed by atoms with van der Waals surface area (Å²) in [6.45, 7) is 1.92. The second-order valence-electron chi connectivity index (χ2n) is 2.97. The van der Waals surface area contributed by atoms with Crippen LogP contribution in [0.15, 0.2) is 24.3 Å². The Morgan fingerprint density at radius 2 is 2.19 bits per heavy atom. The number of ether oxygens (including phenoxy) is 1. The van der Waals surface area contributed by atoms with Crippen LogP contribution in [-0.2, 0) is 0 Å². The lowest BCUT2D eigenvalue weighted by molar-refractivity contribution is 0.197. The van der Waals surface area contributed by atoms with Gasteiger partial charge < -0.3 is 9.84 Å². The normalized spacial score (nSPS) is 11.6. The van der Waals surface area contributed by atoms with Crippen molar-refractivity contribution in [3.63, 3.8) is 0 Å². The number of hydrogen-bond acceptors (Lipinski definition) is 4. The molecule has 3 N–H and O–H groups in total. The number of nitrogens with one attached hydrogen (secondary N) is 2. The van der Waals surface area contributed by atoms with Gasteiger partial charge >= 0.3 is 6.09 Å². The molecule has 6 heteroatoms. The molecule has 1 amide bonds. The predicted molar refractivity (Wildman–Crippen MR) is 64.8 cm³/mol. The third kappa shape index (κ3) is 3.90. The van der Waals surface area contributed by atoms with Gasteiger partial charge in [0, 0.05) is 0 Å². The van der Waals surface area contributed by atoms with Gasteiger partial charge in [0.05, 0.1) is 5.69 Å². The van der Waals surface area contributed by atoms with Gasteiger partial charge in [-0.2, -0.15) is 0 Å². The Labute approximate surface area is 98.2 Å². The molecule has 0 heterocycles. The summed E-state index contributed by atoms with van der Waals surface area (Å²) in [4.78, 5) is 10.3. The van der Waals surface area contributed by atoms with Gasteiger partial charge in [-0.15, -0.1) is 11.8 Å².